The molecule has 0 radical (unpaired) electrons. The molecule has 3 rings (SSSR count). The van der Waals surface area contributed by atoms with Crippen molar-refractivity contribution in [3.05, 3.63) is 42.5 Å². The fourth-order valence-corrected chi connectivity index (χ4v) is 3.94. The number of sulfonamides is 1. The minimum Gasteiger partial charge on any atom is -0.325 e. The van der Waals surface area contributed by atoms with Gasteiger partial charge in [0.1, 0.15) is 0 Å². The monoisotopic (exact) mass is 332 g/mol. The molecule has 5 nitrogen and oxygen atoms in total. The van der Waals surface area contributed by atoms with Crippen molar-refractivity contribution in [1.82, 2.24) is 4.31 Å². The molecule has 1 aliphatic rings. The molecule has 0 spiro atoms. The van der Waals surface area contributed by atoms with Gasteiger partial charge >= 0.3 is 0 Å². The summed E-state index contributed by atoms with van der Waals surface area (Å²) in [6.45, 7) is 0.756. The third-order valence-electron chi connectivity index (χ3n) is 4.27. The normalized spacial score (nSPS) is 19.6. The van der Waals surface area contributed by atoms with Crippen LogP contribution in [-0.4, -0.2) is 38.0 Å². The number of hydrogen-bond acceptors (Lipinski definition) is 3. The predicted molar refractivity (Wildman–Crippen MR) is 91.7 cm³/mol. The van der Waals surface area contributed by atoms with E-state index in [4.69, 9.17) is 0 Å². The van der Waals surface area contributed by atoms with Gasteiger partial charge in [0.05, 0.1) is 12.2 Å². The summed E-state index contributed by atoms with van der Waals surface area (Å²) in [7, 11) is -3.25. The van der Waals surface area contributed by atoms with E-state index in [1.54, 1.807) is 0 Å². The maximum absolute atomic E-state index is 12.6. The van der Waals surface area contributed by atoms with Gasteiger partial charge in [-0.25, -0.2) is 12.7 Å². The number of amides is 1. The summed E-state index contributed by atoms with van der Waals surface area (Å²) in [5.74, 6) is -0.424. The molecule has 1 atom stereocenters. The van der Waals surface area contributed by atoms with Crippen LogP contribution in [0.25, 0.3) is 10.8 Å². The Labute approximate surface area is 136 Å². The summed E-state index contributed by atoms with van der Waals surface area (Å²) in [5.41, 5.74) is 0.768. The van der Waals surface area contributed by atoms with E-state index in [0.29, 0.717) is 19.4 Å². The second-order valence-electron chi connectivity index (χ2n) is 5.98. The minimum atomic E-state index is -3.25. The van der Waals surface area contributed by atoms with Gasteiger partial charge in [-0.1, -0.05) is 36.4 Å². The highest BCUT2D eigenvalue weighted by Gasteiger charge is 2.30. The molecule has 23 heavy (non-hydrogen) atoms. The van der Waals surface area contributed by atoms with E-state index in [-0.39, 0.29) is 18.4 Å². The summed E-state index contributed by atoms with van der Waals surface area (Å²) < 4.78 is 24.8. The van der Waals surface area contributed by atoms with Crippen LogP contribution in [0.2, 0.25) is 0 Å². The van der Waals surface area contributed by atoms with E-state index < -0.39 is 10.0 Å². The lowest BCUT2D eigenvalue weighted by atomic mass is 9.98. The van der Waals surface area contributed by atoms with Crippen LogP contribution in [0.15, 0.2) is 42.5 Å². The van der Waals surface area contributed by atoms with E-state index in [2.05, 4.69) is 5.32 Å². The van der Waals surface area contributed by atoms with E-state index in [9.17, 15) is 13.2 Å². The molecule has 0 unspecified atom stereocenters. The van der Waals surface area contributed by atoms with Gasteiger partial charge in [-0.15, -0.1) is 0 Å². The second-order valence-corrected chi connectivity index (χ2v) is 7.96. The highest BCUT2D eigenvalue weighted by atomic mass is 32.2. The molecule has 0 aliphatic carbocycles. The summed E-state index contributed by atoms with van der Waals surface area (Å²) in [6.07, 6.45) is 2.61. The SMILES string of the molecule is CS(=O)(=O)N1CCC[C@@H](C(=O)Nc2cccc3ccccc23)C1. The van der Waals surface area contributed by atoms with Gasteiger partial charge in [-0.2, -0.15) is 0 Å². The van der Waals surface area contributed by atoms with E-state index in [1.165, 1.54) is 10.6 Å². The Morgan fingerprint density at radius 2 is 1.91 bits per heavy atom. The zero-order valence-electron chi connectivity index (χ0n) is 13.0. The van der Waals surface area contributed by atoms with E-state index in [1.807, 2.05) is 42.5 Å². The zero-order chi connectivity index (χ0) is 16.4. The Kier molecular flexibility index (Phi) is 4.37. The zero-order valence-corrected chi connectivity index (χ0v) is 13.8. The van der Waals surface area contributed by atoms with Crippen LogP contribution in [-0.2, 0) is 14.8 Å². The second kappa shape index (κ2) is 6.29. The van der Waals surface area contributed by atoms with Crippen molar-refractivity contribution in [3.8, 4) is 0 Å². The molecule has 1 heterocycles. The van der Waals surface area contributed by atoms with Crippen LogP contribution in [0.3, 0.4) is 0 Å². The molecular formula is C17H20N2O3S. The van der Waals surface area contributed by atoms with Crippen LogP contribution in [0.4, 0.5) is 5.69 Å². The first-order chi connectivity index (χ1) is 10.9. The van der Waals surface area contributed by atoms with Crippen LogP contribution >= 0.6 is 0 Å². The van der Waals surface area contributed by atoms with Crippen LogP contribution in [0.5, 0.6) is 0 Å². The van der Waals surface area contributed by atoms with Gasteiger partial charge in [0.2, 0.25) is 15.9 Å². The first kappa shape index (κ1) is 16.0. The summed E-state index contributed by atoms with van der Waals surface area (Å²) in [5, 5.41) is 5.01. The van der Waals surface area contributed by atoms with Crippen LogP contribution < -0.4 is 5.32 Å². The number of nitrogens with one attached hydrogen (secondary N) is 1. The van der Waals surface area contributed by atoms with E-state index >= 15 is 0 Å². The number of benzene rings is 2. The van der Waals surface area contributed by atoms with Gasteiger partial charge in [0, 0.05) is 24.2 Å². The Morgan fingerprint density at radius 1 is 1.17 bits per heavy atom. The average molecular weight is 332 g/mol. The third-order valence-corrected chi connectivity index (χ3v) is 5.54. The number of fused-ring (bicyclic) bond motifs is 1. The number of piperidine rings is 1. The summed E-state index contributed by atoms with van der Waals surface area (Å²) in [4.78, 5) is 12.6. The summed E-state index contributed by atoms with van der Waals surface area (Å²) >= 11 is 0. The highest BCUT2D eigenvalue weighted by Crippen LogP contribution is 2.25. The molecule has 2 aromatic rings. The molecule has 2 aromatic carbocycles. The average Bonchev–Trinajstić information content (AvgIpc) is 2.54. The maximum atomic E-state index is 12.6. The molecule has 0 bridgehead atoms. The Bertz CT molecular complexity index is 827. The molecular weight excluding hydrogens is 312 g/mol. The molecule has 1 amide bonds. The van der Waals surface area contributed by atoms with Gasteiger partial charge in [0.25, 0.3) is 0 Å². The van der Waals surface area contributed by atoms with Gasteiger partial charge < -0.3 is 5.32 Å². The molecule has 1 fully saturated rings. The Hall–Kier alpha value is -1.92. The minimum absolute atomic E-state index is 0.116. The van der Waals surface area contributed by atoms with Gasteiger partial charge in [-0.05, 0) is 24.3 Å². The van der Waals surface area contributed by atoms with Crippen molar-refractivity contribution in [2.24, 2.45) is 5.92 Å². The fourth-order valence-electron chi connectivity index (χ4n) is 3.03. The lowest BCUT2D eigenvalue weighted by molar-refractivity contribution is -0.120. The van der Waals surface area contributed by atoms with Crippen molar-refractivity contribution < 1.29 is 13.2 Å². The first-order valence-electron chi connectivity index (χ1n) is 7.69. The number of nitrogens with zero attached hydrogens (tertiary/aromatic N) is 1. The standard InChI is InChI=1S/C17H20N2O3S/c1-23(21,22)19-11-5-8-14(12-19)17(20)18-16-10-4-7-13-6-2-3-9-15(13)16/h2-4,6-7,9-10,14H,5,8,11-12H2,1H3,(H,18,20)/t14-/m1/s1. The molecule has 0 aromatic heterocycles. The molecule has 6 heteroatoms. The Balaban J connectivity index is 1.78. The van der Waals surface area contributed by atoms with Crippen molar-refractivity contribution in [3.63, 3.8) is 0 Å². The topological polar surface area (TPSA) is 66.5 Å². The highest BCUT2D eigenvalue weighted by molar-refractivity contribution is 7.88. The van der Waals surface area contributed by atoms with E-state index in [0.717, 1.165) is 16.5 Å². The molecule has 1 aliphatic heterocycles. The molecule has 1 N–H and O–H groups in total. The molecule has 0 saturated carbocycles. The number of carbonyl (C=O) groups excluding carboxylic acids is 1. The van der Waals surface area contributed by atoms with Crippen molar-refractivity contribution in [2.45, 2.75) is 12.8 Å². The van der Waals surface area contributed by atoms with Gasteiger partial charge in [0.15, 0.2) is 0 Å². The van der Waals surface area contributed by atoms with Crippen molar-refractivity contribution in [1.29, 1.82) is 0 Å². The van der Waals surface area contributed by atoms with Crippen LogP contribution in [0, 0.1) is 5.92 Å². The first-order valence-corrected chi connectivity index (χ1v) is 9.54. The summed E-state index contributed by atoms with van der Waals surface area (Å²) in [6, 6.07) is 13.6. The fraction of sp³-hybridized carbons (Fsp3) is 0.353. The largest absolute Gasteiger partial charge is 0.325 e. The number of rotatable bonds is 3. The lowest BCUT2D eigenvalue weighted by Gasteiger charge is -2.30. The van der Waals surface area contributed by atoms with Crippen LogP contribution in [0.1, 0.15) is 12.8 Å². The smallest absolute Gasteiger partial charge is 0.228 e. The van der Waals surface area contributed by atoms with Crippen molar-refractivity contribution >= 4 is 32.4 Å². The molecule has 1 saturated heterocycles. The molecule has 122 valence electrons. The Morgan fingerprint density at radius 3 is 2.70 bits per heavy atom. The predicted octanol–water partition coefficient (Wildman–Crippen LogP) is 2.45. The lowest BCUT2D eigenvalue weighted by Crippen LogP contribution is -2.43. The third kappa shape index (κ3) is 3.54. The maximum Gasteiger partial charge on any atom is 0.228 e. The quantitative estimate of drug-likeness (QED) is 0.939. The van der Waals surface area contributed by atoms with Gasteiger partial charge in [-0.3, -0.25) is 4.79 Å². The van der Waals surface area contributed by atoms with Crippen molar-refractivity contribution in [2.75, 3.05) is 24.7 Å². The number of hydrogen-bond donors (Lipinski definition) is 1. The number of anilines is 1. The number of carbonyl (C=O) groups is 1.